The van der Waals surface area contributed by atoms with Crippen molar-refractivity contribution >= 4 is 20.0 Å². The van der Waals surface area contributed by atoms with Crippen molar-refractivity contribution in [1.82, 2.24) is 9.55 Å². The maximum Gasteiger partial charge on any atom is 0.530 e. The molecule has 14 heteroatoms. The number of nitrogens with one attached hydrogen (secondary N) is 1. The zero-order chi connectivity index (χ0) is 26.7. The highest BCUT2D eigenvalue weighted by Crippen LogP contribution is 2.57. The van der Waals surface area contributed by atoms with E-state index >= 15 is 4.39 Å². The largest absolute Gasteiger partial charge is 0.530 e. The average molecular weight is 503 g/mol. The maximum absolute atomic E-state index is 16.0. The van der Waals surface area contributed by atoms with Gasteiger partial charge in [-0.2, -0.15) is 0 Å². The molecule has 4 rings (SSSR count). The standard InChI is InChI=1S/C19H18FN2O9PS/c1-3-10-7-22(18(33)21-16(10)25)17-13(23)15(24)19(20,30-17)9-29-32(26)28-8-11-5-4-6-12(27-2)14(11)31-32/h1,4-7,13,15,17,23-24H,8-9H2,2H3,(H,21,25,33)/t13-,15+,17-,19-,32?/m1/s1/i9D2,17D. The molecule has 1 aromatic heterocycles. The topological polar surface area (TPSA) is 141 Å². The number of H-pyrrole nitrogens is 1. The lowest BCUT2D eigenvalue weighted by atomic mass is 10.1. The minimum atomic E-state index is -4.92. The molecule has 3 N–H and O–H groups in total. The summed E-state index contributed by atoms with van der Waals surface area (Å²) < 4.78 is 78.7. The SMILES string of the molecule is [2H]C([2H])(OP1(=O)OCc2cccc(OC)c2O1)[C@@]1(F)O[C@@]([2H])(n2cc(C#C)c(=O)[nH]c2=S)[C@H](O)[C@@H]1O. The number of methoxy groups -OCH3 is 1. The van der Waals surface area contributed by atoms with E-state index < -0.39 is 61.1 Å². The van der Waals surface area contributed by atoms with E-state index in [1.165, 1.54) is 13.2 Å². The first-order chi connectivity index (χ1) is 16.7. The molecule has 0 radical (unpaired) electrons. The molecule has 0 bridgehead atoms. The summed E-state index contributed by atoms with van der Waals surface area (Å²) in [5, 5.41) is 20.9. The zero-order valence-electron chi connectivity index (χ0n) is 19.7. The molecule has 3 heterocycles. The summed E-state index contributed by atoms with van der Waals surface area (Å²) in [6.45, 7) is -4.25. The van der Waals surface area contributed by atoms with Crippen LogP contribution in [0.1, 0.15) is 21.4 Å². The third-order valence-electron chi connectivity index (χ3n) is 4.68. The summed E-state index contributed by atoms with van der Waals surface area (Å²) in [6, 6.07) is 4.58. The molecule has 1 fully saturated rings. The van der Waals surface area contributed by atoms with Crippen LogP contribution in [0.5, 0.6) is 11.5 Å². The van der Waals surface area contributed by atoms with Gasteiger partial charge in [-0.15, -0.1) is 6.42 Å². The van der Waals surface area contributed by atoms with Gasteiger partial charge >= 0.3 is 7.82 Å². The van der Waals surface area contributed by atoms with Crippen molar-refractivity contribution in [1.29, 1.82) is 0 Å². The number of aromatic nitrogens is 2. The molecule has 5 atom stereocenters. The first-order valence-electron chi connectivity index (χ1n) is 10.6. The van der Waals surface area contributed by atoms with Gasteiger partial charge in [-0.25, -0.2) is 8.96 Å². The highest BCUT2D eigenvalue weighted by atomic mass is 32.1. The average Bonchev–Trinajstić information content (AvgIpc) is 2.99. The number of para-hydroxylation sites is 1. The molecule has 176 valence electrons. The number of ether oxygens (including phenoxy) is 2. The lowest BCUT2D eigenvalue weighted by Gasteiger charge is -2.29. The number of rotatable bonds is 5. The fraction of sp³-hybridized carbons (Fsp3) is 0.368. The Morgan fingerprint density at radius 2 is 2.33 bits per heavy atom. The summed E-state index contributed by atoms with van der Waals surface area (Å²) in [7, 11) is -3.63. The molecule has 2 aromatic rings. The Morgan fingerprint density at radius 3 is 3.03 bits per heavy atom. The van der Waals surface area contributed by atoms with Crippen molar-refractivity contribution in [2.24, 2.45) is 0 Å². The van der Waals surface area contributed by atoms with Crippen LogP contribution >= 0.6 is 20.0 Å². The van der Waals surface area contributed by atoms with E-state index in [4.69, 9.17) is 45.8 Å². The molecule has 0 aliphatic carbocycles. The van der Waals surface area contributed by atoms with Gasteiger partial charge in [-0.1, -0.05) is 18.1 Å². The number of aromatic amines is 1. The van der Waals surface area contributed by atoms with Gasteiger partial charge in [0.15, 0.2) is 22.5 Å². The molecule has 1 aromatic carbocycles. The van der Waals surface area contributed by atoms with Crippen molar-refractivity contribution in [3.05, 3.63) is 50.6 Å². The second-order valence-electron chi connectivity index (χ2n) is 6.75. The number of phosphoric acid groups is 1. The van der Waals surface area contributed by atoms with E-state index in [1.54, 1.807) is 12.1 Å². The Hall–Kier alpha value is -2.56. The monoisotopic (exact) mass is 503 g/mol. The number of phosphoric ester groups is 1. The Bertz CT molecular complexity index is 1420. The van der Waals surface area contributed by atoms with Crippen molar-refractivity contribution in [2.75, 3.05) is 13.7 Å². The predicted molar refractivity (Wildman–Crippen MR) is 112 cm³/mol. The van der Waals surface area contributed by atoms with Crippen molar-refractivity contribution in [3.63, 3.8) is 0 Å². The van der Waals surface area contributed by atoms with Gasteiger partial charge in [-0.3, -0.25) is 23.4 Å². The molecule has 11 nitrogen and oxygen atoms in total. The smallest absolute Gasteiger partial charge is 0.493 e. The van der Waals surface area contributed by atoms with Crippen molar-refractivity contribution in [3.8, 4) is 23.8 Å². The van der Waals surface area contributed by atoms with Crippen molar-refractivity contribution in [2.45, 2.75) is 30.9 Å². The third kappa shape index (κ3) is 4.22. The van der Waals surface area contributed by atoms with Gasteiger partial charge in [-0.05, 0) is 18.3 Å². The Morgan fingerprint density at radius 1 is 1.58 bits per heavy atom. The Balaban J connectivity index is 1.70. The van der Waals surface area contributed by atoms with Crippen LogP contribution in [0.4, 0.5) is 4.39 Å². The molecular formula is C19H18FN2O9PS. The molecule has 33 heavy (non-hydrogen) atoms. The number of fused-ring (bicyclic) bond motifs is 1. The molecular weight excluding hydrogens is 482 g/mol. The van der Waals surface area contributed by atoms with E-state index in [-0.39, 0.29) is 11.5 Å². The van der Waals surface area contributed by atoms with Gasteiger partial charge in [0.2, 0.25) is 0 Å². The van der Waals surface area contributed by atoms with E-state index in [9.17, 15) is 19.6 Å². The highest BCUT2D eigenvalue weighted by molar-refractivity contribution is 7.71. The first-order valence-corrected chi connectivity index (χ1v) is 11.0. The van der Waals surface area contributed by atoms with Gasteiger partial charge in [0.1, 0.15) is 24.3 Å². The second kappa shape index (κ2) is 8.66. The number of hydrogen-bond donors (Lipinski definition) is 3. The number of halogens is 1. The molecule has 0 spiro atoms. The van der Waals surface area contributed by atoms with Crippen molar-refractivity contribution < 1.29 is 46.3 Å². The lowest BCUT2D eigenvalue weighted by Crippen LogP contribution is -2.43. The van der Waals surface area contributed by atoms with Crippen LogP contribution in [0.15, 0.2) is 29.2 Å². The van der Waals surface area contributed by atoms with Gasteiger partial charge in [0, 0.05) is 11.8 Å². The fourth-order valence-electron chi connectivity index (χ4n) is 3.01. The third-order valence-corrected chi connectivity index (χ3v) is 6.14. The van der Waals surface area contributed by atoms with Gasteiger partial charge < -0.3 is 24.2 Å². The number of aliphatic hydroxyl groups excluding tert-OH is 2. The van der Waals surface area contributed by atoms with Gasteiger partial charge in [0.05, 0.1) is 17.8 Å². The fourth-order valence-corrected chi connectivity index (χ4v) is 4.35. The van der Waals surface area contributed by atoms with Crippen LogP contribution in [0.3, 0.4) is 0 Å². The minimum Gasteiger partial charge on any atom is -0.493 e. The zero-order valence-corrected chi connectivity index (χ0v) is 18.4. The maximum atomic E-state index is 16.0. The highest BCUT2D eigenvalue weighted by Gasteiger charge is 2.57. The van der Waals surface area contributed by atoms with Gasteiger partial charge in [0.25, 0.3) is 11.4 Å². The lowest BCUT2D eigenvalue weighted by molar-refractivity contribution is -0.205. The summed E-state index contributed by atoms with van der Waals surface area (Å²) in [5.41, 5.74) is -0.854. The predicted octanol–water partition coefficient (Wildman–Crippen LogP) is 1.55. The van der Waals surface area contributed by atoms with Crippen LogP contribution < -0.4 is 14.8 Å². The van der Waals surface area contributed by atoms with E-state index in [2.05, 4.69) is 4.98 Å². The Kier molecular flexibility index (Phi) is 5.21. The quantitative estimate of drug-likeness (QED) is 0.313. The van der Waals surface area contributed by atoms with Crippen LogP contribution in [-0.2, 0) is 25.0 Å². The summed E-state index contributed by atoms with van der Waals surface area (Å²) in [4.78, 5) is 13.9. The molecule has 0 saturated carbocycles. The molecule has 2 aliphatic heterocycles. The number of terminal acetylenes is 1. The minimum absolute atomic E-state index is 0.102. The van der Waals surface area contributed by atoms with Crippen LogP contribution in [0.2, 0.25) is 0 Å². The second-order valence-corrected chi connectivity index (χ2v) is 8.65. The molecule has 1 unspecified atom stereocenters. The molecule has 2 aliphatic rings. The summed E-state index contributed by atoms with van der Waals surface area (Å²) >= 11 is 4.93. The summed E-state index contributed by atoms with van der Waals surface area (Å²) in [6.07, 6.45) is -2.37. The molecule has 0 amide bonds. The van der Waals surface area contributed by atoms with E-state index in [1.807, 2.05) is 5.92 Å². The van der Waals surface area contributed by atoms with Crippen LogP contribution in [0, 0.1) is 17.1 Å². The van der Waals surface area contributed by atoms with Crippen LogP contribution in [-0.4, -0.2) is 51.5 Å². The number of hydrogen-bond acceptors (Lipinski definition) is 10. The van der Waals surface area contributed by atoms with E-state index in [0.717, 1.165) is 6.20 Å². The van der Waals surface area contributed by atoms with Crippen LogP contribution in [0.25, 0.3) is 0 Å². The van der Waals surface area contributed by atoms with E-state index in [0.29, 0.717) is 10.1 Å². The number of benzene rings is 1. The Labute approximate surface area is 195 Å². The molecule has 1 saturated heterocycles. The number of alkyl halides is 1. The number of nitrogens with zero attached hydrogens (tertiary/aromatic N) is 1. The normalized spacial score (nSPS) is 34.8. The summed E-state index contributed by atoms with van der Waals surface area (Å²) in [5.74, 6) is -2.06. The first kappa shape index (κ1) is 19.9. The number of aliphatic hydroxyl groups is 2.